The average molecular weight is 314 g/mol. The van der Waals surface area contributed by atoms with Crippen molar-refractivity contribution in [3.63, 3.8) is 0 Å². The highest BCUT2D eigenvalue weighted by atomic mass is 16.5. The van der Waals surface area contributed by atoms with Crippen molar-refractivity contribution in [2.24, 2.45) is 0 Å². The molecular formula is C19H22O4. The molecular weight excluding hydrogens is 292 g/mol. The minimum absolute atomic E-state index is 0.703. The summed E-state index contributed by atoms with van der Waals surface area (Å²) in [6.45, 7) is 1.97. The van der Waals surface area contributed by atoms with Crippen LogP contribution in [0.15, 0.2) is 30.3 Å². The second-order valence-corrected chi connectivity index (χ2v) is 5.00. The highest BCUT2D eigenvalue weighted by Crippen LogP contribution is 2.31. The zero-order chi connectivity index (χ0) is 16.8. The molecule has 4 nitrogen and oxygen atoms in total. The molecule has 0 aliphatic heterocycles. The molecule has 2 aromatic rings. The molecule has 0 spiro atoms. The van der Waals surface area contributed by atoms with Gasteiger partial charge in [0.1, 0.15) is 11.5 Å². The molecule has 0 bridgehead atoms. The van der Waals surface area contributed by atoms with Gasteiger partial charge < -0.3 is 18.9 Å². The van der Waals surface area contributed by atoms with Gasteiger partial charge in [-0.2, -0.15) is 0 Å². The van der Waals surface area contributed by atoms with Crippen LogP contribution in [-0.4, -0.2) is 28.4 Å². The average Bonchev–Trinajstić information content (AvgIpc) is 2.60. The number of benzene rings is 2. The molecule has 2 rings (SSSR count). The minimum Gasteiger partial charge on any atom is -0.496 e. The normalized spacial score (nSPS) is 10.7. The zero-order valence-electron chi connectivity index (χ0n) is 14.2. The third kappa shape index (κ3) is 3.77. The molecule has 0 aliphatic rings. The monoisotopic (exact) mass is 314 g/mol. The van der Waals surface area contributed by atoms with Crippen molar-refractivity contribution < 1.29 is 18.9 Å². The van der Waals surface area contributed by atoms with E-state index in [4.69, 9.17) is 18.9 Å². The number of methoxy groups -OCH3 is 4. The minimum atomic E-state index is 0.703. The summed E-state index contributed by atoms with van der Waals surface area (Å²) < 4.78 is 21.4. The maximum Gasteiger partial charge on any atom is 0.161 e. The van der Waals surface area contributed by atoms with Gasteiger partial charge >= 0.3 is 0 Å². The van der Waals surface area contributed by atoms with Crippen molar-refractivity contribution in [2.75, 3.05) is 28.4 Å². The lowest BCUT2D eigenvalue weighted by molar-refractivity contribution is 0.355. The van der Waals surface area contributed by atoms with Crippen molar-refractivity contribution in [1.82, 2.24) is 0 Å². The Bertz CT molecular complexity index is 680. The van der Waals surface area contributed by atoms with E-state index in [2.05, 4.69) is 0 Å². The number of ether oxygens (including phenoxy) is 4. The second-order valence-electron chi connectivity index (χ2n) is 5.00. The van der Waals surface area contributed by atoms with Gasteiger partial charge in [-0.1, -0.05) is 18.2 Å². The molecule has 0 atom stereocenters. The standard InChI is InChI=1S/C19H22O4/c1-13-17(21-3)11-15(12-18(13)22-4)7-6-14-8-9-16(20-2)19(10-14)23-5/h6-12H,1-5H3/b7-6-. The van der Waals surface area contributed by atoms with Crippen LogP contribution in [0, 0.1) is 6.92 Å². The van der Waals surface area contributed by atoms with E-state index < -0.39 is 0 Å². The highest BCUT2D eigenvalue weighted by molar-refractivity contribution is 5.72. The van der Waals surface area contributed by atoms with E-state index in [0.29, 0.717) is 11.5 Å². The maximum atomic E-state index is 5.40. The maximum absolute atomic E-state index is 5.40. The lowest BCUT2D eigenvalue weighted by Gasteiger charge is -2.11. The molecule has 122 valence electrons. The van der Waals surface area contributed by atoms with E-state index >= 15 is 0 Å². The second kappa shape index (κ2) is 7.58. The first-order valence-electron chi connectivity index (χ1n) is 7.25. The fourth-order valence-electron chi connectivity index (χ4n) is 2.35. The van der Waals surface area contributed by atoms with Crippen molar-refractivity contribution >= 4 is 12.2 Å². The fraction of sp³-hybridized carbons (Fsp3) is 0.263. The number of hydrogen-bond donors (Lipinski definition) is 0. The largest absolute Gasteiger partial charge is 0.496 e. The lowest BCUT2D eigenvalue weighted by atomic mass is 10.1. The van der Waals surface area contributed by atoms with E-state index in [9.17, 15) is 0 Å². The van der Waals surface area contributed by atoms with Crippen LogP contribution < -0.4 is 18.9 Å². The third-order valence-corrected chi connectivity index (χ3v) is 3.65. The molecule has 0 saturated heterocycles. The molecule has 0 heterocycles. The summed E-state index contributed by atoms with van der Waals surface area (Å²) in [6.07, 6.45) is 4.01. The van der Waals surface area contributed by atoms with E-state index in [-0.39, 0.29) is 0 Å². The summed E-state index contributed by atoms with van der Waals surface area (Å²) in [5.74, 6) is 3.02. The zero-order valence-corrected chi connectivity index (χ0v) is 14.2. The SMILES string of the molecule is COc1ccc(/C=C\c2cc(OC)c(C)c(OC)c2)cc1OC. The van der Waals surface area contributed by atoms with E-state index in [1.54, 1.807) is 28.4 Å². The fourth-order valence-corrected chi connectivity index (χ4v) is 2.35. The Morgan fingerprint density at radius 3 is 1.61 bits per heavy atom. The van der Waals surface area contributed by atoms with Crippen LogP contribution >= 0.6 is 0 Å². The molecule has 2 aromatic carbocycles. The molecule has 0 aliphatic carbocycles. The van der Waals surface area contributed by atoms with Crippen LogP contribution in [0.5, 0.6) is 23.0 Å². The first-order chi connectivity index (χ1) is 11.1. The summed E-state index contributed by atoms with van der Waals surface area (Å²) in [5.41, 5.74) is 3.00. The molecule has 0 fully saturated rings. The lowest BCUT2D eigenvalue weighted by Crippen LogP contribution is -1.93. The molecule has 0 aromatic heterocycles. The van der Waals surface area contributed by atoms with Crippen molar-refractivity contribution in [3.05, 3.63) is 47.0 Å². The van der Waals surface area contributed by atoms with Crippen molar-refractivity contribution in [3.8, 4) is 23.0 Å². The quantitative estimate of drug-likeness (QED) is 0.749. The Kier molecular flexibility index (Phi) is 5.52. The Morgan fingerprint density at radius 2 is 1.09 bits per heavy atom. The molecule has 4 heteroatoms. The molecule has 0 unspecified atom stereocenters. The predicted molar refractivity (Wildman–Crippen MR) is 92.8 cm³/mol. The smallest absolute Gasteiger partial charge is 0.161 e. The summed E-state index contributed by atoms with van der Waals surface area (Å²) in [7, 11) is 6.56. The Labute approximate surface area is 137 Å². The van der Waals surface area contributed by atoms with Crippen LogP contribution in [0.4, 0.5) is 0 Å². The number of hydrogen-bond acceptors (Lipinski definition) is 4. The van der Waals surface area contributed by atoms with Gasteiger partial charge in [0.2, 0.25) is 0 Å². The van der Waals surface area contributed by atoms with Crippen LogP contribution in [0.3, 0.4) is 0 Å². The summed E-state index contributed by atoms with van der Waals surface area (Å²) >= 11 is 0. The molecule has 0 N–H and O–H groups in total. The first-order valence-corrected chi connectivity index (χ1v) is 7.25. The topological polar surface area (TPSA) is 36.9 Å². The van der Waals surface area contributed by atoms with Crippen molar-refractivity contribution in [1.29, 1.82) is 0 Å². The first kappa shape index (κ1) is 16.7. The van der Waals surface area contributed by atoms with Gasteiger partial charge in [-0.25, -0.2) is 0 Å². The molecule has 0 saturated carbocycles. The van der Waals surface area contributed by atoms with E-state index in [1.165, 1.54) is 0 Å². The van der Waals surface area contributed by atoms with Crippen LogP contribution in [0.1, 0.15) is 16.7 Å². The van der Waals surface area contributed by atoms with Gasteiger partial charge in [-0.3, -0.25) is 0 Å². The Morgan fingerprint density at radius 1 is 0.609 bits per heavy atom. The van der Waals surface area contributed by atoms with Crippen LogP contribution in [-0.2, 0) is 0 Å². The number of rotatable bonds is 6. The van der Waals surface area contributed by atoms with Crippen LogP contribution in [0.2, 0.25) is 0 Å². The van der Waals surface area contributed by atoms with Gasteiger partial charge in [0.05, 0.1) is 28.4 Å². The summed E-state index contributed by atoms with van der Waals surface area (Å²) in [5, 5.41) is 0. The van der Waals surface area contributed by atoms with Gasteiger partial charge in [-0.15, -0.1) is 0 Å². The molecule has 23 heavy (non-hydrogen) atoms. The summed E-state index contributed by atoms with van der Waals surface area (Å²) in [6, 6.07) is 9.75. The van der Waals surface area contributed by atoms with E-state index in [1.807, 2.05) is 49.4 Å². The summed E-state index contributed by atoms with van der Waals surface area (Å²) in [4.78, 5) is 0. The van der Waals surface area contributed by atoms with Gasteiger partial charge in [0.25, 0.3) is 0 Å². The van der Waals surface area contributed by atoms with Gasteiger partial charge in [-0.05, 0) is 42.3 Å². The molecule has 0 radical (unpaired) electrons. The third-order valence-electron chi connectivity index (χ3n) is 3.65. The van der Waals surface area contributed by atoms with E-state index in [0.717, 1.165) is 28.2 Å². The van der Waals surface area contributed by atoms with Crippen molar-refractivity contribution in [2.45, 2.75) is 6.92 Å². The molecule has 0 amide bonds. The van der Waals surface area contributed by atoms with Gasteiger partial charge in [0.15, 0.2) is 11.5 Å². The Balaban J connectivity index is 2.33. The highest BCUT2D eigenvalue weighted by Gasteiger charge is 2.07. The Hall–Kier alpha value is -2.62. The predicted octanol–water partition coefficient (Wildman–Crippen LogP) is 4.20. The van der Waals surface area contributed by atoms with Crippen LogP contribution in [0.25, 0.3) is 12.2 Å². The van der Waals surface area contributed by atoms with Gasteiger partial charge in [0, 0.05) is 5.56 Å².